The zero-order valence-electron chi connectivity index (χ0n) is 8.78. The molecule has 1 fully saturated rings. The Morgan fingerprint density at radius 2 is 2.00 bits per heavy atom. The molecule has 0 atom stereocenters. The molecule has 3 nitrogen and oxygen atoms in total. The van der Waals surface area contributed by atoms with E-state index in [-0.39, 0.29) is 16.4 Å². The summed E-state index contributed by atoms with van der Waals surface area (Å²) in [6.07, 6.45) is 3.33. The third-order valence-electron chi connectivity index (χ3n) is 3.13. The number of sulfone groups is 1. The lowest BCUT2D eigenvalue weighted by molar-refractivity contribution is 0.208. The second-order valence-corrected chi connectivity index (χ2v) is 7.09. The topological polar surface area (TPSA) is 57.9 Å². The summed E-state index contributed by atoms with van der Waals surface area (Å²) in [4.78, 5) is 0. The van der Waals surface area contributed by atoms with E-state index >= 15 is 0 Å². The normalized spacial score (nSPS) is 20.1. The second-order valence-electron chi connectivity index (χ2n) is 4.41. The van der Waals surface area contributed by atoms with Crippen LogP contribution < -0.4 is 0 Å². The predicted molar refractivity (Wildman–Crippen MR) is 55.4 cm³/mol. The van der Waals surface area contributed by atoms with E-state index in [1.165, 1.54) is 0 Å². The molecule has 14 heavy (non-hydrogen) atoms. The second kappa shape index (κ2) is 3.90. The zero-order chi connectivity index (χ0) is 10.8. The van der Waals surface area contributed by atoms with Crippen molar-refractivity contribution in [2.75, 3.05) is 5.75 Å². The molecule has 0 heterocycles. The lowest BCUT2D eigenvalue weighted by Crippen LogP contribution is -2.31. The molecular formula is C10H17NO2S. The first-order chi connectivity index (χ1) is 6.42. The van der Waals surface area contributed by atoms with Crippen LogP contribution in [0.4, 0.5) is 0 Å². The van der Waals surface area contributed by atoms with Gasteiger partial charge in [-0.15, -0.1) is 0 Å². The van der Waals surface area contributed by atoms with Crippen LogP contribution in [0.25, 0.3) is 0 Å². The van der Waals surface area contributed by atoms with Gasteiger partial charge in [0, 0.05) is 0 Å². The molecule has 0 aromatic rings. The highest BCUT2D eigenvalue weighted by Crippen LogP contribution is 2.43. The molecule has 0 N–H and O–H groups in total. The minimum atomic E-state index is -2.97. The van der Waals surface area contributed by atoms with Gasteiger partial charge in [0.1, 0.15) is 0 Å². The van der Waals surface area contributed by atoms with Crippen molar-refractivity contribution in [3.63, 3.8) is 0 Å². The molecule has 1 rings (SSSR count). The van der Waals surface area contributed by atoms with E-state index in [9.17, 15) is 8.42 Å². The molecule has 0 unspecified atom stereocenters. The van der Waals surface area contributed by atoms with Crippen LogP contribution in [0.3, 0.4) is 0 Å². The molecule has 0 bridgehead atoms. The van der Waals surface area contributed by atoms with E-state index in [1.54, 1.807) is 13.8 Å². The van der Waals surface area contributed by atoms with Crippen LogP contribution in [0.15, 0.2) is 0 Å². The molecule has 80 valence electrons. The third-order valence-corrected chi connectivity index (χ3v) is 5.34. The van der Waals surface area contributed by atoms with E-state index in [1.807, 2.05) is 0 Å². The van der Waals surface area contributed by atoms with Crippen LogP contribution in [0.1, 0.15) is 39.5 Å². The van der Waals surface area contributed by atoms with Gasteiger partial charge in [-0.2, -0.15) is 5.26 Å². The van der Waals surface area contributed by atoms with Crippen LogP contribution in [0, 0.1) is 16.7 Å². The Balaban J connectivity index is 2.53. The third kappa shape index (κ3) is 2.27. The summed E-state index contributed by atoms with van der Waals surface area (Å²) in [6.45, 7) is 3.38. The van der Waals surface area contributed by atoms with Crippen molar-refractivity contribution in [3.8, 4) is 6.07 Å². The maximum absolute atomic E-state index is 11.5. The average Bonchev–Trinajstić information content (AvgIpc) is 2.02. The van der Waals surface area contributed by atoms with Crippen LogP contribution >= 0.6 is 0 Å². The quantitative estimate of drug-likeness (QED) is 0.719. The van der Waals surface area contributed by atoms with Gasteiger partial charge in [-0.05, 0) is 33.1 Å². The Bertz CT molecular complexity index is 334. The lowest BCUT2D eigenvalue weighted by Gasteiger charge is -2.35. The van der Waals surface area contributed by atoms with Crippen molar-refractivity contribution in [2.24, 2.45) is 5.41 Å². The first-order valence-electron chi connectivity index (χ1n) is 5.05. The van der Waals surface area contributed by atoms with Gasteiger partial charge in [0.25, 0.3) is 0 Å². The van der Waals surface area contributed by atoms with Crippen molar-refractivity contribution in [2.45, 2.75) is 44.8 Å². The van der Waals surface area contributed by atoms with Crippen LogP contribution in [0.5, 0.6) is 0 Å². The van der Waals surface area contributed by atoms with E-state index < -0.39 is 9.84 Å². The summed E-state index contributed by atoms with van der Waals surface area (Å²) < 4.78 is 23.0. The number of nitrogens with zero attached hydrogens (tertiary/aromatic N) is 1. The van der Waals surface area contributed by atoms with E-state index in [2.05, 4.69) is 6.07 Å². The Morgan fingerprint density at radius 3 is 2.29 bits per heavy atom. The van der Waals surface area contributed by atoms with Crippen LogP contribution in [0.2, 0.25) is 0 Å². The highest BCUT2D eigenvalue weighted by molar-refractivity contribution is 7.91. The molecule has 0 radical (unpaired) electrons. The minimum Gasteiger partial charge on any atom is -0.229 e. The van der Waals surface area contributed by atoms with Crippen molar-refractivity contribution in [1.82, 2.24) is 0 Å². The maximum atomic E-state index is 11.5. The molecule has 4 heteroatoms. The predicted octanol–water partition coefficient (Wildman–Crippen LogP) is 1.89. The van der Waals surface area contributed by atoms with E-state index in [0.717, 1.165) is 19.3 Å². The van der Waals surface area contributed by atoms with Crippen LogP contribution in [-0.4, -0.2) is 19.4 Å². The Labute approximate surface area is 86.0 Å². The molecule has 0 saturated heterocycles. The molecule has 1 saturated carbocycles. The number of nitriles is 1. The number of rotatable bonds is 4. The smallest absolute Gasteiger partial charge is 0.152 e. The van der Waals surface area contributed by atoms with Crippen LogP contribution in [-0.2, 0) is 9.84 Å². The summed E-state index contributed by atoms with van der Waals surface area (Å²) in [5.41, 5.74) is -0.317. The fraction of sp³-hybridized carbons (Fsp3) is 0.900. The maximum Gasteiger partial charge on any atom is 0.152 e. The standard InChI is InChI=1S/C10H17NO2S/c1-9(2)14(12,13)7-6-10(8-11)4-3-5-10/h9H,3-7H2,1-2H3. The number of hydrogen-bond acceptors (Lipinski definition) is 3. The Kier molecular flexibility index (Phi) is 3.20. The molecule has 0 aromatic heterocycles. The average molecular weight is 215 g/mol. The monoisotopic (exact) mass is 215 g/mol. The van der Waals surface area contributed by atoms with Crippen molar-refractivity contribution in [3.05, 3.63) is 0 Å². The molecule has 0 aliphatic heterocycles. The summed E-state index contributed by atoms with van der Waals surface area (Å²) in [6, 6.07) is 2.26. The molecule has 0 amide bonds. The van der Waals surface area contributed by atoms with Gasteiger partial charge in [-0.3, -0.25) is 0 Å². The highest BCUT2D eigenvalue weighted by Gasteiger charge is 2.38. The number of hydrogen-bond donors (Lipinski definition) is 0. The minimum absolute atomic E-state index is 0.165. The fourth-order valence-electron chi connectivity index (χ4n) is 1.59. The highest BCUT2D eigenvalue weighted by atomic mass is 32.2. The van der Waals surface area contributed by atoms with Gasteiger partial charge in [-0.25, -0.2) is 8.42 Å². The molecule has 0 spiro atoms. The van der Waals surface area contributed by atoms with Gasteiger partial charge in [0.15, 0.2) is 9.84 Å². The Morgan fingerprint density at radius 1 is 1.43 bits per heavy atom. The first-order valence-corrected chi connectivity index (χ1v) is 6.76. The van der Waals surface area contributed by atoms with Crippen molar-refractivity contribution in [1.29, 1.82) is 5.26 Å². The molecular weight excluding hydrogens is 198 g/mol. The largest absolute Gasteiger partial charge is 0.229 e. The van der Waals surface area contributed by atoms with E-state index in [4.69, 9.17) is 5.26 Å². The fourth-order valence-corrected chi connectivity index (χ4v) is 2.74. The van der Waals surface area contributed by atoms with Crippen molar-refractivity contribution < 1.29 is 8.42 Å². The summed E-state index contributed by atoms with van der Waals surface area (Å²) in [5.74, 6) is 0.165. The van der Waals surface area contributed by atoms with Gasteiger partial charge in [0.2, 0.25) is 0 Å². The van der Waals surface area contributed by atoms with Gasteiger partial charge in [-0.1, -0.05) is 6.42 Å². The van der Waals surface area contributed by atoms with Gasteiger partial charge in [0.05, 0.1) is 22.5 Å². The van der Waals surface area contributed by atoms with Gasteiger partial charge < -0.3 is 0 Å². The zero-order valence-corrected chi connectivity index (χ0v) is 9.60. The van der Waals surface area contributed by atoms with Gasteiger partial charge >= 0.3 is 0 Å². The van der Waals surface area contributed by atoms with Crippen molar-refractivity contribution >= 4 is 9.84 Å². The molecule has 0 aromatic carbocycles. The summed E-state index contributed by atoms with van der Waals surface area (Å²) in [5, 5.41) is 8.61. The molecule has 1 aliphatic carbocycles. The summed E-state index contributed by atoms with van der Waals surface area (Å²) in [7, 11) is -2.97. The first kappa shape index (κ1) is 11.5. The molecule has 1 aliphatic rings. The van der Waals surface area contributed by atoms with E-state index in [0.29, 0.717) is 6.42 Å². The lowest BCUT2D eigenvalue weighted by atomic mass is 9.68. The summed E-state index contributed by atoms with van der Waals surface area (Å²) >= 11 is 0. The SMILES string of the molecule is CC(C)S(=O)(=O)CCC1(C#N)CCC1. The Hall–Kier alpha value is -0.560.